The zero-order valence-electron chi connectivity index (χ0n) is 22.6. The number of hydrogen-bond donors (Lipinski definition) is 1. The van der Waals surface area contributed by atoms with E-state index >= 15 is 0 Å². The van der Waals surface area contributed by atoms with Gasteiger partial charge in [-0.05, 0) is 50.2 Å². The second kappa shape index (κ2) is 15.8. The zero-order chi connectivity index (χ0) is 28.9. The number of methoxy groups -OCH3 is 2. The van der Waals surface area contributed by atoms with E-state index in [2.05, 4.69) is 4.74 Å². The highest BCUT2D eigenvalue weighted by Crippen LogP contribution is 2.41. The highest BCUT2D eigenvalue weighted by Gasteiger charge is 2.25. The van der Waals surface area contributed by atoms with Crippen LogP contribution in [0.1, 0.15) is 43.6 Å². The van der Waals surface area contributed by atoms with Crippen molar-refractivity contribution in [1.29, 1.82) is 0 Å². The van der Waals surface area contributed by atoms with Crippen LogP contribution < -0.4 is 14.4 Å². The van der Waals surface area contributed by atoms with E-state index in [0.29, 0.717) is 51.6 Å². The smallest absolute Gasteiger partial charge is 0.302 e. The second-order valence-electron chi connectivity index (χ2n) is 8.06. The molecule has 1 atom stereocenters. The number of nitrogens with zero attached hydrogens (tertiary/aromatic N) is 1. The van der Waals surface area contributed by atoms with Crippen LogP contribution in [0.25, 0.3) is 0 Å². The summed E-state index contributed by atoms with van der Waals surface area (Å²) in [7, 11) is 3.05. The summed E-state index contributed by atoms with van der Waals surface area (Å²) in [5.41, 5.74) is 2.68. The number of carbonyl (C=O) groups excluding carboxylic acids is 2. The number of ether oxygens (including phenoxy) is 4. The SMILES string of the molecule is CCOC(C)=O.CCO[C@@H](c1cc(Cl)ccc1N(C=O)Cc1ccc(O)cc1OC)c1cccc(OC)c1Cl. The van der Waals surface area contributed by atoms with Gasteiger partial charge >= 0.3 is 5.97 Å². The monoisotopic (exact) mass is 577 g/mol. The van der Waals surface area contributed by atoms with E-state index in [1.165, 1.54) is 25.0 Å². The van der Waals surface area contributed by atoms with Gasteiger partial charge in [0.25, 0.3) is 0 Å². The van der Waals surface area contributed by atoms with E-state index in [1.54, 1.807) is 50.4 Å². The quantitative estimate of drug-likeness (QED) is 0.203. The van der Waals surface area contributed by atoms with Gasteiger partial charge < -0.3 is 29.0 Å². The molecule has 0 saturated heterocycles. The summed E-state index contributed by atoms with van der Waals surface area (Å²) in [6.07, 6.45) is 0.130. The first-order valence-corrected chi connectivity index (χ1v) is 12.9. The van der Waals surface area contributed by atoms with E-state index in [0.717, 1.165) is 12.0 Å². The highest BCUT2D eigenvalue weighted by atomic mass is 35.5. The van der Waals surface area contributed by atoms with Crippen molar-refractivity contribution in [3.8, 4) is 17.2 Å². The molecule has 0 spiro atoms. The Morgan fingerprint density at radius 1 is 0.974 bits per heavy atom. The fourth-order valence-electron chi connectivity index (χ4n) is 3.83. The standard InChI is InChI=1S/C25H25Cl2NO5.C4H8O2/c1-4-33-25(19-6-5-7-22(31-2)24(19)27)20-12-17(26)9-11-21(20)28(15-29)14-16-8-10-18(30)13-23(16)32-3;1-3-6-4(2)5/h5-13,15,25,30H,4,14H2,1-3H3;3H2,1-2H3/t25-;/m1./s1. The van der Waals surface area contributed by atoms with E-state index < -0.39 is 6.10 Å². The summed E-state index contributed by atoms with van der Waals surface area (Å²) in [5, 5.41) is 10.7. The molecule has 3 aromatic rings. The van der Waals surface area contributed by atoms with Gasteiger partial charge in [0.1, 0.15) is 23.4 Å². The number of phenolic OH excluding ortho intramolecular Hbond substituents is 1. The molecule has 8 nitrogen and oxygen atoms in total. The number of rotatable bonds is 11. The van der Waals surface area contributed by atoms with Gasteiger partial charge in [-0.25, -0.2) is 0 Å². The Hall–Kier alpha value is -3.46. The molecular formula is C29H33Cl2NO7. The lowest BCUT2D eigenvalue weighted by Gasteiger charge is -2.27. The maximum absolute atomic E-state index is 12.2. The molecule has 1 N–H and O–H groups in total. The molecule has 210 valence electrons. The average Bonchev–Trinajstić information content (AvgIpc) is 2.92. The Bertz CT molecular complexity index is 1250. The van der Waals surface area contributed by atoms with E-state index in [4.69, 9.17) is 37.4 Å². The maximum Gasteiger partial charge on any atom is 0.302 e. The summed E-state index contributed by atoms with van der Waals surface area (Å²) in [5.74, 6) is 0.847. The molecule has 0 fully saturated rings. The number of anilines is 1. The number of halogens is 2. The van der Waals surface area contributed by atoms with E-state index in [1.807, 2.05) is 19.1 Å². The number of esters is 1. The van der Waals surface area contributed by atoms with Crippen LogP contribution in [0.5, 0.6) is 17.2 Å². The Morgan fingerprint density at radius 2 is 1.69 bits per heavy atom. The Balaban J connectivity index is 0.000000798. The van der Waals surface area contributed by atoms with Gasteiger partial charge in [-0.1, -0.05) is 35.3 Å². The van der Waals surface area contributed by atoms with Gasteiger partial charge in [-0.15, -0.1) is 0 Å². The lowest BCUT2D eigenvalue weighted by atomic mass is 9.98. The maximum atomic E-state index is 12.2. The molecule has 3 rings (SSSR count). The predicted octanol–water partition coefficient (Wildman–Crippen LogP) is 6.57. The van der Waals surface area contributed by atoms with Crippen molar-refractivity contribution in [2.24, 2.45) is 0 Å². The highest BCUT2D eigenvalue weighted by molar-refractivity contribution is 6.33. The minimum Gasteiger partial charge on any atom is -0.508 e. The largest absolute Gasteiger partial charge is 0.508 e. The van der Waals surface area contributed by atoms with Crippen LogP contribution in [0.2, 0.25) is 10.0 Å². The molecular weight excluding hydrogens is 545 g/mol. The lowest BCUT2D eigenvalue weighted by molar-refractivity contribution is -0.140. The predicted molar refractivity (Wildman–Crippen MR) is 152 cm³/mol. The van der Waals surface area contributed by atoms with Crippen LogP contribution in [-0.4, -0.2) is 44.9 Å². The number of benzene rings is 3. The zero-order valence-corrected chi connectivity index (χ0v) is 24.1. The molecule has 0 heterocycles. The van der Waals surface area contributed by atoms with E-state index in [-0.39, 0.29) is 18.3 Å². The lowest BCUT2D eigenvalue weighted by Crippen LogP contribution is -2.23. The number of phenols is 1. The normalized spacial score (nSPS) is 11.1. The van der Waals surface area contributed by atoms with Gasteiger partial charge in [0.05, 0.1) is 32.4 Å². The van der Waals surface area contributed by atoms with Crippen molar-refractivity contribution in [3.05, 3.63) is 81.3 Å². The van der Waals surface area contributed by atoms with Gasteiger partial charge in [0.15, 0.2) is 0 Å². The molecule has 0 aliphatic heterocycles. The van der Waals surface area contributed by atoms with Crippen LogP contribution in [0.3, 0.4) is 0 Å². The van der Waals surface area contributed by atoms with Crippen molar-refractivity contribution in [3.63, 3.8) is 0 Å². The van der Waals surface area contributed by atoms with Crippen molar-refractivity contribution in [2.45, 2.75) is 33.4 Å². The Labute approximate surface area is 239 Å². The average molecular weight is 578 g/mol. The van der Waals surface area contributed by atoms with Crippen molar-refractivity contribution >= 4 is 41.3 Å². The minimum atomic E-state index is -0.601. The molecule has 0 aliphatic rings. The van der Waals surface area contributed by atoms with Crippen molar-refractivity contribution in [2.75, 3.05) is 32.3 Å². The first kappa shape index (κ1) is 31.8. The fourth-order valence-corrected chi connectivity index (χ4v) is 4.31. The third kappa shape index (κ3) is 8.78. The molecule has 1 amide bonds. The molecule has 10 heteroatoms. The van der Waals surface area contributed by atoms with Crippen molar-refractivity contribution in [1.82, 2.24) is 0 Å². The number of amides is 1. The summed E-state index contributed by atoms with van der Waals surface area (Å²) in [6, 6.07) is 15.4. The minimum absolute atomic E-state index is 0.0736. The van der Waals surface area contributed by atoms with Gasteiger partial charge in [0, 0.05) is 47.0 Å². The second-order valence-corrected chi connectivity index (χ2v) is 8.87. The first-order chi connectivity index (χ1) is 18.7. The topological polar surface area (TPSA) is 94.5 Å². The van der Waals surface area contributed by atoms with Gasteiger partial charge in [-0.3, -0.25) is 9.59 Å². The van der Waals surface area contributed by atoms with Crippen LogP contribution in [0, 0.1) is 0 Å². The summed E-state index contributed by atoms with van der Waals surface area (Å²) >= 11 is 13.0. The molecule has 0 unspecified atom stereocenters. The van der Waals surface area contributed by atoms with E-state index in [9.17, 15) is 14.7 Å². The van der Waals surface area contributed by atoms with Crippen LogP contribution in [-0.2, 0) is 25.6 Å². The molecule has 0 aliphatic carbocycles. The molecule has 0 radical (unpaired) electrons. The fraction of sp³-hybridized carbons (Fsp3) is 0.310. The van der Waals surface area contributed by atoms with Crippen LogP contribution in [0.4, 0.5) is 5.69 Å². The van der Waals surface area contributed by atoms with Crippen molar-refractivity contribution < 1.29 is 33.6 Å². The summed E-state index contributed by atoms with van der Waals surface area (Å²) in [6.45, 7) is 6.13. The molecule has 0 saturated carbocycles. The Kier molecular flexibility index (Phi) is 12.9. The molecule has 0 aromatic heterocycles. The van der Waals surface area contributed by atoms with Gasteiger partial charge in [-0.2, -0.15) is 0 Å². The van der Waals surface area contributed by atoms with Crippen LogP contribution >= 0.6 is 23.2 Å². The van der Waals surface area contributed by atoms with Gasteiger partial charge in [0.2, 0.25) is 6.41 Å². The molecule has 0 bridgehead atoms. The molecule has 39 heavy (non-hydrogen) atoms. The number of aromatic hydroxyl groups is 1. The third-order valence-corrected chi connectivity index (χ3v) is 6.14. The number of carbonyl (C=O) groups is 2. The molecule has 3 aromatic carbocycles. The summed E-state index contributed by atoms with van der Waals surface area (Å²) in [4.78, 5) is 23.6. The summed E-state index contributed by atoms with van der Waals surface area (Å²) < 4.78 is 21.2. The number of hydrogen-bond acceptors (Lipinski definition) is 7. The third-order valence-electron chi connectivity index (χ3n) is 5.50. The first-order valence-electron chi connectivity index (χ1n) is 12.1. The van der Waals surface area contributed by atoms with Crippen LogP contribution in [0.15, 0.2) is 54.6 Å². The Morgan fingerprint density at radius 3 is 2.26 bits per heavy atom.